The SMILES string of the molecule is CC[C@@H](O)/C=C/C=C\C/C=C\C/C=C\C/C=C\CCCC(=O)O[C@H](COC(=O)CCCCCCCCC(C)C)COP(=O)(O)OP(=O)(O)OC[C@H]1O[C@@H](n2ccc(N)nc2=O)[C@H](O)[C@@H]1O. The molecule has 0 aromatic carbocycles. The molecule has 2 unspecified atom stereocenters. The fourth-order valence-corrected chi connectivity index (χ4v) is 8.18. The van der Waals surface area contributed by atoms with Gasteiger partial charge in [-0.1, -0.05) is 120 Å². The Kier molecular flexibility index (Phi) is 28.5. The van der Waals surface area contributed by atoms with E-state index in [0.717, 1.165) is 55.7 Å². The van der Waals surface area contributed by atoms with Crippen molar-refractivity contribution in [3.05, 3.63) is 83.5 Å². The summed E-state index contributed by atoms with van der Waals surface area (Å²) in [7, 11) is -10.9. The third-order valence-electron chi connectivity index (χ3n) is 9.70. The van der Waals surface area contributed by atoms with E-state index < -0.39 is 89.8 Å². The first kappa shape index (κ1) is 57.5. The number of aromatic nitrogens is 2. The highest BCUT2D eigenvalue weighted by molar-refractivity contribution is 7.61. The number of aliphatic hydroxyl groups is 3. The summed E-state index contributed by atoms with van der Waals surface area (Å²) in [5.74, 6) is -0.740. The molecule has 1 aliphatic rings. The van der Waals surface area contributed by atoms with Crippen molar-refractivity contribution < 1.29 is 71.4 Å². The minimum absolute atomic E-state index is 0.0445. The highest BCUT2D eigenvalue weighted by Gasteiger charge is 2.46. The highest BCUT2D eigenvalue weighted by atomic mass is 31.3. The Morgan fingerprint density at radius 1 is 0.846 bits per heavy atom. The van der Waals surface area contributed by atoms with Crippen molar-refractivity contribution in [1.29, 1.82) is 0 Å². The molecule has 2 heterocycles. The molecule has 1 aliphatic heterocycles. The summed E-state index contributed by atoms with van der Waals surface area (Å²) in [6.07, 6.45) is 23.3. The largest absolute Gasteiger partial charge is 0.481 e. The van der Waals surface area contributed by atoms with E-state index in [1.54, 1.807) is 6.08 Å². The van der Waals surface area contributed by atoms with E-state index in [-0.39, 0.29) is 18.7 Å². The van der Waals surface area contributed by atoms with E-state index in [4.69, 9.17) is 29.0 Å². The number of nitrogen functional groups attached to an aromatic ring is 1. The fraction of sp³-hybridized carbons (Fsp3) is 0.636. The number of carbonyl (C=O) groups is 2. The van der Waals surface area contributed by atoms with Gasteiger partial charge in [0, 0.05) is 19.0 Å². The van der Waals surface area contributed by atoms with E-state index in [1.807, 2.05) is 49.5 Å². The molecule has 8 atom stereocenters. The number of phosphoric acid groups is 2. The molecule has 0 spiro atoms. The zero-order valence-electron chi connectivity index (χ0n) is 37.8. The van der Waals surface area contributed by atoms with Gasteiger partial charge in [0.05, 0.1) is 19.3 Å². The van der Waals surface area contributed by atoms with Crippen LogP contribution in [0.3, 0.4) is 0 Å². The summed E-state index contributed by atoms with van der Waals surface area (Å²) >= 11 is 0. The average Bonchev–Trinajstić information content (AvgIpc) is 3.52. The number of hydrogen-bond acceptors (Lipinski definition) is 16. The normalized spacial score (nSPS) is 20.9. The molecule has 65 heavy (non-hydrogen) atoms. The Hall–Kier alpha value is -3.58. The van der Waals surface area contributed by atoms with Crippen LogP contribution in [0, 0.1) is 5.92 Å². The van der Waals surface area contributed by atoms with Crippen LogP contribution < -0.4 is 11.4 Å². The number of unbranched alkanes of at least 4 members (excludes halogenated alkanes) is 6. The van der Waals surface area contributed by atoms with Crippen LogP contribution in [0.5, 0.6) is 0 Å². The smallest absolute Gasteiger partial charge is 0.462 e. The number of phosphoric ester groups is 2. The van der Waals surface area contributed by atoms with Gasteiger partial charge in [0.25, 0.3) is 0 Å². The van der Waals surface area contributed by atoms with E-state index in [0.29, 0.717) is 38.0 Å². The Balaban J connectivity index is 1.87. The molecule has 19 nitrogen and oxygen atoms in total. The van der Waals surface area contributed by atoms with E-state index in [1.165, 1.54) is 12.5 Å². The quantitative estimate of drug-likeness (QED) is 0.0136. The molecule has 1 aromatic rings. The second-order valence-corrected chi connectivity index (χ2v) is 18.9. The number of nitrogens with zero attached hydrogens (tertiary/aromatic N) is 2. The average molecular weight is 960 g/mol. The molecule has 1 saturated heterocycles. The molecule has 0 bridgehead atoms. The van der Waals surface area contributed by atoms with Gasteiger partial charge >= 0.3 is 33.3 Å². The number of carbonyl (C=O) groups excluding carboxylic acids is 2. The number of hydrogen-bond donors (Lipinski definition) is 6. The Bertz CT molecular complexity index is 1850. The van der Waals surface area contributed by atoms with Crippen molar-refractivity contribution in [3.63, 3.8) is 0 Å². The summed E-state index contributed by atoms with van der Waals surface area (Å²) in [4.78, 5) is 61.5. The highest BCUT2D eigenvalue weighted by Crippen LogP contribution is 2.60. The van der Waals surface area contributed by atoms with Crippen molar-refractivity contribution in [1.82, 2.24) is 9.55 Å². The van der Waals surface area contributed by atoms with Gasteiger partial charge in [0.2, 0.25) is 0 Å². The van der Waals surface area contributed by atoms with Crippen molar-refractivity contribution in [2.45, 2.75) is 154 Å². The predicted octanol–water partition coefficient (Wildman–Crippen LogP) is 6.82. The van der Waals surface area contributed by atoms with E-state index in [9.17, 15) is 48.6 Å². The Morgan fingerprint density at radius 2 is 1.46 bits per heavy atom. The third-order valence-corrected chi connectivity index (χ3v) is 12.3. The van der Waals surface area contributed by atoms with Gasteiger partial charge in [-0.2, -0.15) is 9.29 Å². The first-order chi connectivity index (χ1) is 30.9. The van der Waals surface area contributed by atoms with Gasteiger partial charge in [-0.3, -0.25) is 23.2 Å². The van der Waals surface area contributed by atoms with Crippen LogP contribution in [-0.2, 0) is 46.3 Å². The maximum Gasteiger partial charge on any atom is 0.481 e. The van der Waals surface area contributed by atoms with Crippen LogP contribution in [0.2, 0.25) is 0 Å². The van der Waals surface area contributed by atoms with Crippen LogP contribution in [0.1, 0.15) is 123 Å². The van der Waals surface area contributed by atoms with Gasteiger partial charge in [-0.15, -0.1) is 0 Å². The van der Waals surface area contributed by atoms with Crippen LogP contribution in [0.15, 0.2) is 77.8 Å². The topological polar surface area (TPSA) is 286 Å². The lowest BCUT2D eigenvalue weighted by atomic mass is 10.0. The second-order valence-electron chi connectivity index (χ2n) is 15.8. The summed E-state index contributed by atoms with van der Waals surface area (Å²) in [5, 5.41) is 30.3. The van der Waals surface area contributed by atoms with Crippen LogP contribution >= 0.6 is 15.6 Å². The maximum absolute atomic E-state index is 12.8. The van der Waals surface area contributed by atoms with Crippen LogP contribution in [-0.4, -0.2) is 96.9 Å². The summed E-state index contributed by atoms with van der Waals surface area (Å²) in [6.45, 7) is 3.91. The number of rotatable bonds is 34. The van der Waals surface area contributed by atoms with Crippen molar-refractivity contribution in [2.24, 2.45) is 5.92 Å². The van der Waals surface area contributed by atoms with Crippen molar-refractivity contribution in [3.8, 4) is 0 Å². The molecule has 0 radical (unpaired) electrons. The molecule has 2 rings (SSSR count). The second kappa shape index (κ2) is 32.2. The molecule has 21 heteroatoms. The summed E-state index contributed by atoms with van der Waals surface area (Å²) in [6, 6.07) is 1.24. The summed E-state index contributed by atoms with van der Waals surface area (Å²) in [5.41, 5.74) is 4.56. The third kappa shape index (κ3) is 26.4. The van der Waals surface area contributed by atoms with Gasteiger partial charge in [0.15, 0.2) is 12.3 Å². The Morgan fingerprint density at radius 3 is 2.12 bits per heavy atom. The van der Waals surface area contributed by atoms with E-state index in [2.05, 4.69) is 35.3 Å². The van der Waals surface area contributed by atoms with E-state index >= 15 is 0 Å². The molecule has 0 saturated carbocycles. The van der Waals surface area contributed by atoms with Gasteiger partial charge in [-0.25, -0.2) is 13.9 Å². The Labute approximate surface area is 382 Å². The molecular weight excluding hydrogens is 888 g/mol. The first-order valence-corrected chi connectivity index (χ1v) is 25.3. The predicted molar refractivity (Wildman–Crippen MR) is 244 cm³/mol. The molecule has 1 aromatic heterocycles. The lowest BCUT2D eigenvalue weighted by Gasteiger charge is -2.21. The van der Waals surface area contributed by atoms with Crippen molar-refractivity contribution >= 4 is 33.4 Å². The standard InChI is InChI=1S/C44H71N3O16P2/c1-4-35(48)26-22-18-13-11-9-7-5-6-8-10-12-14-20-24-28-40(50)61-36(31-58-39(49)27-23-19-16-15-17-21-25-34(2)3)32-59-64(54,55)63-65(56,57)60-33-37-41(51)42(52)43(62-37)47-30-29-38(45)46-44(47)53/h6-9,12-14,18,22,26,29-30,34-37,41-43,48,51-52H,4-5,10-11,15-17,19-21,23-25,27-28,31-33H2,1-3H3,(H,54,55)(H,56,57)(H2,45,46,53)/b8-6-,9-7-,14-12-,18-13-,26-22+/t35-,36-,37-,41-,42-,43-/m1/s1. The number of aliphatic hydroxyl groups excluding tert-OH is 3. The van der Waals surface area contributed by atoms with Gasteiger partial charge in [-0.05, 0) is 56.9 Å². The molecular formula is C44H71N3O16P2. The lowest BCUT2D eigenvalue weighted by molar-refractivity contribution is -0.161. The minimum atomic E-state index is -5.44. The fourth-order valence-electron chi connectivity index (χ4n) is 6.07. The molecule has 0 aliphatic carbocycles. The maximum atomic E-state index is 12.8. The van der Waals surface area contributed by atoms with Gasteiger partial charge < -0.3 is 45.1 Å². The number of allylic oxidation sites excluding steroid dienone is 9. The zero-order valence-corrected chi connectivity index (χ0v) is 39.6. The number of esters is 2. The lowest BCUT2D eigenvalue weighted by Crippen LogP contribution is -2.36. The number of ether oxygens (including phenoxy) is 3. The molecule has 7 N–H and O–H groups in total. The first-order valence-electron chi connectivity index (χ1n) is 22.3. The summed E-state index contributed by atoms with van der Waals surface area (Å²) < 4.78 is 56.4. The molecule has 0 amide bonds. The van der Waals surface area contributed by atoms with Gasteiger partial charge in [0.1, 0.15) is 30.7 Å². The molecule has 1 fully saturated rings. The van der Waals surface area contributed by atoms with Crippen LogP contribution in [0.4, 0.5) is 5.82 Å². The van der Waals surface area contributed by atoms with Crippen molar-refractivity contribution in [2.75, 3.05) is 25.6 Å². The minimum Gasteiger partial charge on any atom is -0.462 e. The number of anilines is 1. The molecule has 368 valence electrons. The number of nitrogens with two attached hydrogens (primary N) is 1. The monoisotopic (exact) mass is 959 g/mol. The van der Waals surface area contributed by atoms with Crippen LogP contribution in [0.25, 0.3) is 0 Å². The zero-order chi connectivity index (χ0) is 48.1.